The summed E-state index contributed by atoms with van der Waals surface area (Å²) in [6, 6.07) is 15.5. The van der Waals surface area contributed by atoms with Gasteiger partial charge < -0.3 is 20.6 Å². The van der Waals surface area contributed by atoms with E-state index in [2.05, 4.69) is 26.7 Å². The van der Waals surface area contributed by atoms with Crippen LogP contribution in [0.3, 0.4) is 0 Å². The van der Waals surface area contributed by atoms with Crippen LogP contribution in [-0.4, -0.2) is 52.1 Å². The van der Waals surface area contributed by atoms with Crippen LogP contribution in [-0.2, 0) is 6.54 Å². The highest BCUT2D eigenvalue weighted by Gasteiger charge is 2.17. The number of amides is 1. The fraction of sp³-hybridized carbons (Fsp3) is 0.304. The van der Waals surface area contributed by atoms with E-state index in [0.717, 1.165) is 21.8 Å². The Bertz CT molecular complexity index is 1080. The molecule has 0 unspecified atom stereocenters. The molecule has 2 aromatic heterocycles. The number of aliphatic hydroxyl groups is 1. The van der Waals surface area contributed by atoms with Crippen molar-refractivity contribution in [2.75, 3.05) is 31.6 Å². The monoisotopic (exact) mass is 450 g/mol. The van der Waals surface area contributed by atoms with Gasteiger partial charge in [-0.3, -0.25) is 4.79 Å². The predicted molar refractivity (Wildman–Crippen MR) is 126 cm³/mol. The highest BCUT2D eigenvalue weighted by molar-refractivity contribution is 7.17. The molecule has 32 heavy (non-hydrogen) atoms. The van der Waals surface area contributed by atoms with Gasteiger partial charge >= 0.3 is 0 Å². The number of hydrogen-bond acceptors (Lipinski definition) is 8. The fourth-order valence-corrected chi connectivity index (χ4v) is 4.03. The smallest absolute Gasteiger partial charge is 0.263 e. The summed E-state index contributed by atoms with van der Waals surface area (Å²) in [6.45, 7) is 4.20. The average Bonchev–Trinajstić information content (AvgIpc) is 3.31. The highest BCUT2D eigenvalue weighted by Crippen LogP contribution is 2.28. The molecule has 3 aromatic rings. The third-order valence-corrected chi connectivity index (χ3v) is 5.78. The van der Waals surface area contributed by atoms with Gasteiger partial charge in [-0.1, -0.05) is 12.1 Å². The van der Waals surface area contributed by atoms with Crippen LogP contribution in [0, 0.1) is 11.3 Å². The maximum Gasteiger partial charge on any atom is 0.263 e. The van der Waals surface area contributed by atoms with Crippen LogP contribution < -0.4 is 10.6 Å². The molecule has 8 nitrogen and oxygen atoms in total. The van der Waals surface area contributed by atoms with Crippen molar-refractivity contribution in [1.29, 1.82) is 5.26 Å². The maximum atomic E-state index is 12.7. The number of thiophene rings is 1. The van der Waals surface area contributed by atoms with Crippen molar-refractivity contribution in [2.45, 2.75) is 19.9 Å². The van der Waals surface area contributed by atoms with E-state index in [0.29, 0.717) is 43.4 Å². The lowest BCUT2D eigenvalue weighted by atomic mass is 10.2. The second-order valence-corrected chi connectivity index (χ2v) is 8.03. The summed E-state index contributed by atoms with van der Waals surface area (Å²) in [4.78, 5) is 24.8. The Hall–Kier alpha value is -3.32. The molecule has 9 heteroatoms. The second kappa shape index (κ2) is 11.9. The van der Waals surface area contributed by atoms with E-state index in [1.807, 2.05) is 43.3 Å². The molecule has 0 bridgehead atoms. The molecule has 3 rings (SSSR count). The summed E-state index contributed by atoms with van der Waals surface area (Å²) < 4.78 is 0. The molecule has 0 fully saturated rings. The Kier molecular flexibility index (Phi) is 8.69. The standard InChI is InChI=1S/C23H26N6O2S/c1-2-29(13-4-10-24)22(31)21-8-7-20(32-21)19-9-11-26-23(28-19)27-18-6-3-5-17(15-18)16-25-12-14-30/h3,5-9,11,15,25,30H,2,4,12-14,16H2,1H3,(H,26,27,28). The van der Waals surface area contributed by atoms with Gasteiger partial charge in [0.2, 0.25) is 5.95 Å². The van der Waals surface area contributed by atoms with E-state index in [9.17, 15) is 4.79 Å². The van der Waals surface area contributed by atoms with Gasteiger partial charge in [-0.25, -0.2) is 9.97 Å². The SMILES string of the molecule is CCN(CCC#N)C(=O)c1ccc(-c2ccnc(Nc3cccc(CNCCO)c3)n2)s1. The minimum Gasteiger partial charge on any atom is -0.395 e. The van der Waals surface area contributed by atoms with E-state index >= 15 is 0 Å². The predicted octanol–water partition coefficient (Wildman–Crippen LogP) is 3.41. The van der Waals surface area contributed by atoms with Crippen molar-refractivity contribution < 1.29 is 9.90 Å². The molecule has 166 valence electrons. The molecule has 0 aliphatic rings. The van der Waals surface area contributed by atoms with E-state index < -0.39 is 0 Å². The van der Waals surface area contributed by atoms with Gasteiger partial charge in [0.25, 0.3) is 5.91 Å². The number of rotatable bonds is 11. The first kappa shape index (κ1) is 23.3. The third-order valence-electron chi connectivity index (χ3n) is 4.69. The van der Waals surface area contributed by atoms with Crippen LogP contribution in [0.5, 0.6) is 0 Å². The molecule has 0 aliphatic heterocycles. The Morgan fingerprint density at radius 3 is 2.94 bits per heavy atom. The minimum absolute atomic E-state index is 0.0713. The highest BCUT2D eigenvalue weighted by atomic mass is 32.1. The van der Waals surface area contributed by atoms with E-state index in [-0.39, 0.29) is 12.5 Å². The van der Waals surface area contributed by atoms with Gasteiger partial charge in [0.05, 0.1) is 34.5 Å². The van der Waals surface area contributed by atoms with E-state index in [1.54, 1.807) is 17.2 Å². The molecule has 0 atom stereocenters. The lowest BCUT2D eigenvalue weighted by Gasteiger charge is -2.18. The number of aliphatic hydroxyl groups excluding tert-OH is 1. The Balaban J connectivity index is 1.71. The summed E-state index contributed by atoms with van der Waals surface area (Å²) in [5, 5.41) is 24.1. The minimum atomic E-state index is -0.0713. The summed E-state index contributed by atoms with van der Waals surface area (Å²) in [5.41, 5.74) is 2.67. The lowest BCUT2D eigenvalue weighted by Crippen LogP contribution is -2.31. The molecule has 0 spiro atoms. The number of nitriles is 1. The normalized spacial score (nSPS) is 10.5. The van der Waals surface area contributed by atoms with Crippen molar-refractivity contribution in [1.82, 2.24) is 20.2 Å². The number of carbonyl (C=O) groups is 1. The number of nitrogens with zero attached hydrogens (tertiary/aromatic N) is 4. The Morgan fingerprint density at radius 1 is 1.28 bits per heavy atom. The van der Waals surface area contributed by atoms with Gasteiger partial charge in [0, 0.05) is 38.1 Å². The molecule has 1 aromatic carbocycles. The lowest BCUT2D eigenvalue weighted by molar-refractivity contribution is 0.0772. The number of aromatic nitrogens is 2. The molecule has 2 heterocycles. The van der Waals surface area contributed by atoms with E-state index in [1.165, 1.54) is 11.3 Å². The topological polar surface area (TPSA) is 114 Å². The van der Waals surface area contributed by atoms with Crippen LogP contribution in [0.15, 0.2) is 48.7 Å². The Labute approximate surface area is 191 Å². The average molecular weight is 451 g/mol. The zero-order valence-electron chi connectivity index (χ0n) is 17.9. The molecular weight excluding hydrogens is 424 g/mol. The number of nitrogens with one attached hydrogen (secondary N) is 2. The summed E-state index contributed by atoms with van der Waals surface area (Å²) in [5.74, 6) is 0.395. The van der Waals surface area contributed by atoms with Crippen LogP contribution in [0.1, 0.15) is 28.6 Å². The van der Waals surface area contributed by atoms with Crippen molar-refractivity contribution in [3.63, 3.8) is 0 Å². The van der Waals surface area contributed by atoms with Crippen molar-refractivity contribution in [2.24, 2.45) is 0 Å². The number of carbonyl (C=O) groups excluding carboxylic acids is 1. The first-order valence-electron chi connectivity index (χ1n) is 10.4. The zero-order chi connectivity index (χ0) is 22.8. The molecule has 0 aliphatic carbocycles. The first-order valence-corrected chi connectivity index (χ1v) is 11.2. The van der Waals surface area contributed by atoms with Crippen molar-refractivity contribution >= 4 is 28.9 Å². The number of hydrogen-bond donors (Lipinski definition) is 3. The fourth-order valence-electron chi connectivity index (χ4n) is 3.09. The first-order chi connectivity index (χ1) is 15.6. The molecule has 1 amide bonds. The van der Waals surface area contributed by atoms with Gasteiger partial charge in [-0.15, -0.1) is 11.3 Å². The Morgan fingerprint density at radius 2 is 2.16 bits per heavy atom. The molecule has 3 N–H and O–H groups in total. The summed E-state index contributed by atoms with van der Waals surface area (Å²) in [7, 11) is 0. The molecular formula is C23H26N6O2S. The summed E-state index contributed by atoms with van der Waals surface area (Å²) >= 11 is 1.38. The van der Waals surface area contributed by atoms with Crippen LogP contribution in [0.4, 0.5) is 11.6 Å². The van der Waals surface area contributed by atoms with Crippen molar-refractivity contribution in [3.05, 3.63) is 59.1 Å². The van der Waals surface area contributed by atoms with Crippen LogP contribution in [0.2, 0.25) is 0 Å². The van der Waals surface area contributed by atoms with Gasteiger partial charge in [-0.2, -0.15) is 5.26 Å². The molecule has 0 saturated heterocycles. The van der Waals surface area contributed by atoms with Gasteiger partial charge in [0.1, 0.15) is 0 Å². The third kappa shape index (κ3) is 6.34. The van der Waals surface area contributed by atoms with Crippen molar-refractivity contribution in [3.8, 4) is 16.6 Å². The van der Waals surface area contributed by atoms with Gasteiger partial charge in [0.15, 0.2) is 0 Å². The quantitative estimate of drug-likeness (QED) is 0.384. The molecule has 0 saturated carbocycles. The van der Waals surface area contributed by atoms with Crippen LogP contribution >= 0.6 is 11.3 Å². The number of benzene rings is 1. The summed E-state index contributed by atoms with van der Waals surface area (Å²) in [6.07, 6.45) is 2.00. The largest absolute Gasteiger partial charge is 0.395 e. The zero-order valence-corrected chi connectivity index (χ0v) is 18.7. The second-order valence-electron chi connectivity index (χ2n) is 6.95. The maximum absolute atomic E-state index is 12.7. The van der Waals surface area contributed by atoms with E-state index in [4.69, 9.17) is 10.4 Å². The number of anilines is 2. The van der Waals surface area contributed by atoms with Crippen LogP contribution in [0.25, 0.3) is 10.6 Å². The van der Waals surface area contributed by atoms with Gasteiger partial charge in [-0.05, 0) is 42.8 Å². The molecule has 0 radical (unpaired) electrons.